The minimum atomic E-state index is -0.120. The van der Waals surface area contributed by atoms with E-state index >= 15 is 0 Å². The average molecular weight is 456 g/mol. The number of halogens is 1. The van der Waals surface area contributed by atoms with E-state index in [4.69, 9.17) is 21.3 Å². The summed E-state index contributed by atoms with van der Waals surface area (Å²) in [5.74, 6) is 2.10. The summed E-state index contributed by atoms with van der Waals surface area (Å²) >= 11 is 8.43. The van der Waals surface area contributed by atoms with Crippen LogP contribution in [-0.2, 0) is 4.74 Å². The van der Waals surface area contributed by atoms with Crippen LogP contribution < -0.4 is 5.32 Å². The van der Waals surface area contributed by atoms with Crippen LogP contribution in [0.15, 0.2) is 35.3 Å². The monoisotopic (exact) mass is 455 g/mol. The smallest absolute Gasteiger partial charge is 0.162 e. The number of aliphatic imine (C=N–C) groups is 1. The Bertz CT molecular complexity index is 1130. The van der Waals surface area contributed by atoms with Crippen LogP contribution in [0.4, 0.5) is 0 Å². The molecule has 0 radical (unpaired) electrons. The molecule has 31 heavy (non-hydrogen) atoms. The number of hydrogen-bond donors (Lipinski definition) is 1. The number of nitrogens with one attached hydrogen (secondary N) is 1. The fraction of sp³-hybridized carbons (Fsp3) is 0.435. The Morgan fingerprint density at radius 3 is 2.87 bits per heavy atom. The molecule has 6 nitrogen and oxygen atoms in total. The number of hydrogen-bond acceptors (Lipinski definition) is 6. The van der Waals surface area contributed by atoms with Crippen molar-refractivity contribution in [2.24, 2.45) is 4.99 Å². The molecule has 1 N–H and O–H groups in total. The molecule has 162 valence electrons. The summed E-state index contributed by atoms with van der Waals surface area (Å²) in [5, 5.41) is 14.3. The van der Waals surface area contributed by atoms with Crippen LogP contribution in [0.1, 0.15) is 59.9 Å². The van der Waals surface area contributed by atoms with Gasteiger partial charge in [0.05, 0.1) is 18.9 Å². The van der Waals surface area contributed by atoms with Gasteiger partial charge >= 0.3 is 0 Å². The van der Waals surface area contributed by atoms with Gasteiger partial charge in [0.25, 0.3) is 0 Å². The number of aromatic nitrogens is 3. The Morgan fingerprint density at radius 1 is 1.29 bits per heavy atom. The molecule has 1 fully saturated rings. The molecule has 2 aliphatic rings. The van der Waals surface area contributed by atoms with Crippen molar-refractivity contribution in [3.63, 3.8) is 0 Å². The molecule has 1 aromatic carbocycles. The fourth-order valence-corrected chi connectivity index (χ4v) is 6.23. The number of benzene rings is 1. The van der Waals surface area contributed by atoms with Crippen LogP contribution in [0, 0.1) is 6.92 Å². The van der Waals surface area contributed by atoms with E-state index < -0.39 is 0 Å². The van der Waals surface area contributed by atoms with Gasteiger partial charge in [0, 0.05) is 39.5 Å². The summed E-state index contributed by atoms with van der Waals surface area (Å²) in [6, 6.07) is 10.4. The largest absolute Gasteiger partial charge is 0.378 e. The maximum absolute atomic E-state index is 6.62. The first-order chi connectivity index (χ1) is 15.1. The summed E-state index contributed by atoms with van der Waals surface area (Å²) in [7, 11) is 0. The van der Waals surface area contributed by atoms with Crippen LogP contribution in [-0.4, -0.2) is 46.3 Å². The second kappa shape index (κ2) is 8.47. The van der Waals surface area contributed by atoms with E-state index in [0.717, 1.165) is 59.7 Å². The van der Waals surface area contributed by atoms with Crippen molar-refractivity contribution in [3.8, 4) is 5.00 Å². The number of nitrogens with zero attached hydrogens (tertiary/aromatic N) is 4. The van der Waals surface area contributed by atoms with Crippen molar-refractivity contribution < 1.29 is 4.74 Å². The topological polar surface area (TPSA) is 64.3 Å². The molecule has 2 aromatic heterocycles. The Morgan fingerprint density at radius 2 is 2.13 bits per heavy atom. The quantitative estimate of drug-likeness (QED) is 0.620. The van der Waals surface area contributed by atoms with Crippen LogP contribution in [0.2, 0.25) is 5.02 Å². The van der Waals surface area contributed by atoms with E-state index in [1.54, 1.807) is 11.3 Å². The molecule has 2 aliphatic heterocycles. The lowest BCUT2D eigenvalue weighted by Gasteiger charge is -2.30. The summed E-state index contributed by atoms with van der Waals surface area (Å²) < 4.78 is 7.93. The van der Waals surface area contributed by atoms with Crippen molar-refractivity contribution >= 4 is 28.6 Å². The number of ether oxygens (including phenoxy) is 1. The Hall–Kier alpha value is -2.06. The SMILES string of the molecule is CCC(c1cc2c(s1)-n1c(C)nnc1C(C)N=C2c1ccccc1Cl)C1COCCN1. The highest BCUT2D eigenvalue weighted by Crippen LogP contribution is 2.41. The Labute approximate surface area is 191 Å². The minimum absolute atomic E-state index is 0.120. The number of aryl methyl sites for hydroxylation is 1. The highest BCUT2D eigenvalue weighted by molar-refractivity contribution is 7.15. The van der Waals surface area contributed by atoms with Gasteiger partial charge in [0.1, 0.15) is 16.9 Å². The lowest BCUT2D eigenvalue weighted by atomic mass is 9.93. The molecule has 3 atom stereocenters. The van der Waals surface area contributed by atoms with Crippen LogP contribution in [0.5, 0.6) is 0 Å². The molecule has 4 heterocycles. The number of fused-ring (bicyclic) bond motifs is 3. The third-order valence-corrected chi connectivity index (χ3v) is 7.69. The zero-order valence-electron chi connectivity index (χ0n) is 17.9. The van der Waals surface area contributed by atoms with Gasteiger partial charge in [-0.05, 0) is 32.4 Å². The van der Waals surface area contributed by atoms with Gasteiger partial charge in [0.15, 0.2) is 5.82 Å². The lowest BCUT2D eigenvalue weighted by Crippen LogP contribution is -2.44. The highest BCUT2D eigenvalue weighted by atomic mass is 35.5. The van der Waals surface area contributed by atoms with Crippen LogP contribution >= 0.6 is 22.9 Å². The van der Waals surface area contributed by atoms with Crippen LogP contribution in [0.25, 0.3) is 5.00 Å². The van der Waals surface area contributed by atoms with Gasteiger partial charge in [-0.25, -0.2) is 0 Å². The van der Waals surface area contributed by atoms with E-state index in [2.05, 4.69) is 40.0 Å². The normalized spacial score (nSPS) is 21.7. The highest BCUT2D eigenvalue weighted by Gasteiger charge is 2.32. The number of rotatable bonds is 4. The van der Waals surface area contributed by atoms with Crippen LogP contribution in [0.3, 0.4) is 0 Å². The minimum Gasteiger partial charge on any atom is -0.378 e. The molecule has 1 saturated heterocycles. The standard InChI is InChI=1S/C23H26ClN5OS/c1-4-15(19-12-30-10-9-25-19)20-11-17-21(16-7-5-6-8-18(16)24)26-13(2)22-28-27-14(3)29(22)23(17)31-20/h5-8,11,13,15,19,25H,4,9-10,12H2,1-3H3. The molecule has 0 saturated carbocycles. The summed E-state index contributed by atoms with van der Waals surface area (Å²) in [4.78, 5) is 6.41. The van der Waals surface area contributed by atoms with Gasteiger partial charge < -0.3 is 10.1 Å². The van der Waals surface area contributed by atoms with Gasteiger partial charge in [-0.3, -0.25) is 9.56 Å². The summed E-state index contributed by atoms with van der Waals surface area (Å²) in [5.41, 5.74) is 2.96. The van der Waals surface area contributed by atoms with E-state index in [1.165, 1.54) is 4.88 Å². The van der Waals surface area contributed by atoms with E-state index in [-0.39, 0.29) is 6.04 Å². The number of thiophene rings is 1. The second-order valence-electron chi connectivity index (χ2n) is 8.09. The maximum Gasteiger partial charge on any atom is 0.162 e. The molecular weight excluding hydrogens is 430 g/mol. The Kier molecular flexibility index (Phi) is 5.69. The first-order valence-corrected chi connectivity index (χ1v) is 12.0. The molecule has 5 rings (SSSR count). The summed E-state index contributed by atoms with van der Waals surface area (Å²) in [6.45, 7) is 8.71. The van der Waals surface area contributed by atoms with Gasteiger partial charge in [-0.2, -0.15) is 0 Å². The molecule has 8 heteroatoms. The molecule has 3 unspecified atom stereocenters. The average Bonchev–Trinajstić information content (AvgIpc) is 3.35. The molecular formula is C23H26ClN5OS. The first kappa shape index (κ1) is 20.8. The predicted molar refractivity (Wildman–Crippen MR) is 125 cm³/mol. The van der Waals surface area contributed by atoms with E-state index in [1.807, 2.05) is 31.2 Å². The van der Waals surface area contributed by atoms with Crippen molar-refractivity contribution in [1.29, 1.82) is 0 Å². The molecule has 0 bridgehead atoms. The molecule has 0 amide bonds. The van der Waals surface area contributed by atoms with E-state index in [0.29, 0.717) is 17.0 Å². The maximum atomic E-state index is 6.62. The number of morpholine rings is 1. The van der Waals surface area contributed by atoms with Crippen molar-refractivity contribution in [3.05, 3.63) is 63.0 Å². The van der Waals surface area contributed by atoms with Crippen molar-refractivity contribution in [2.45, 2.75) is 45.2 Å². The molecule has 0 aliphatic carbocycles. The second-order valence-corrected chi connectivity index (χ2v) is 9.56. The van der Waals surface area contributed by atoms with Gasteiger partial charge in [-0.1, -0.05) is 36.7 Å². The van der Waals surface area contributed by atoms with Gasteiger partial charge in [0.2, 0.25) is 0 Å². The van der Waals surface area contributed by atoms with Crippen molar-refractivity contribution in [1.82, 2.24) is 20.1 Å². The lowest BCUT2D eigenvalue weighted by molar-refractivity contribution is 0.0677. The molecule has 3 aromatic rings. The Balaban J connectivity index is 1.69. The molecule has 0 spiro atoms. The third kappa shape index (κ3) is 3.63. The van der Waals surface area contributed by atoms with E-state index in [9.17, 15) is 0 Å². The van der Waals surface area contributed by atoms with Crippen molar-refractivity contribution in [2.75, 3.05) is 19.8 Å². The zero-order chi connectivity index (χ0) is 21.5. The third-order valence-electron chi connectivity index (χ3n) is 6.11. The summed E-state index contributed by atoms with van der Waals surface area (Å²) in [6.07, 6.45) is 1.03. The van der Waals surface area contributed by atoms with Gasteiger partial charge in [-0.15, -0.1) is 21.5 Å². The fourth-order valence-electron chi connectivity index (χ4n) is 4.54. The predicted octanol–water partition coefficient (Wildman–Crippen LogP) is 4.68. The first-order valence-electron chi connectivity index (χ1n) is 10.8. The zero-order valence-corrected chi connectivity index (χ0v) is 19.5.